The van der Waals surface area contributed by atoms with Crippen LogP contribution in [0, 0.1) is 0 Å². The number of rotatable bonds is 6. The van der Waals surface area contributed by atoms with Crippen LogP contribution >= 0.6 is 11.3 Å². The van der Waals surface area contributed by atoms with E-state index in [1.165, 1.54) is 16.3 Å². The molecule has 2 aromatic carbocycles. The molecule has 0 N–H and O–H groups in total. The van der Waals surface area contributed by atoms with Gasteiger partial charge in [-0.25, -0.2) is 0 Å². The maximum Gasteiger partial charge on any atom is 0.289 e. The van der Waals surface area contributed by atoms with E-state index in [0.717, 1.165) is 22.4 Å². The summed E-state index contributed by atoms with van der Waals surface area (Å²) in [5.74, 6) is 1.54. The lowest BCUT2D eigenvalue weighted by molar-refractivity contribution is 0.0701. The lowest BCUT2D eigenvalue weighted by atomic mass is 10.0. The Bertz CT molecular complexity index is 1490. The molecule has 0 saturated heterocycles. The van der Waals surface area contributed by atoms with E-state index >= 15 is 0 Å². The minimum absolute atomic E-state index is 0.152. The number of benzene rings is 2. The first-order chi connectivity index (χ1) is 17.8. The molecule has 6 rings (SSSR count). The number of pyridine rings is 1. The van der Waals surface area contributed by atoms with E-state index in [4.69, 9.17) is 13.9 Å². The second kappa shape index (κ2) is 9.87. The normalized spacial score (nSPS) is 13.2. The molecule has 0 radical (unpaired) electrons. The van der Waals surface area contributed by atoms with Crippen molar-refractivity contribution in [3.8, 4) is 22.6 Å². The van der Waals surface area contributed by atoms with E-state index < -0.39 is 0 Å². The summed E-state index contributed by atoms with van der Waals surface area (Å²) in [4.78, 5) is 19.2. The average molecular weight is 497 g/mol. The number of hydrogen-bond donors (Lipinski definition) is 0. The van der Waals surface area contributed by atoms with E-state index in [0.29, 0.717) is 50.0 Å². The summed E-state index contributed by atoms with van der Waals surface area (Å²) in [5, 5.41) is 3.37. The number of hydrogen-bond acceptors (Lipinski definition) is 6. The fourth-order valence-corrected chi connectivity index (χ4v) is 5.46. The highest BCUT2D eigenvalue weighted by Gasteiger charge is 2.26. The summed E-state index contributed by atoms with van der Waals surface area (Å²) in [6, 6.07) is 21.8. The van der Waals surface area contributed by atoms with Gasteiger partial charge in [0.25, 0.3) is 5.91 Å². The summed E-state index contributed by atoms with van der Waals surface area (Å²) in [6.07, 6.45) is 3.99. The van der Waals surface area contributed by atoms with Crippen LogP contribution in [0.15, 0.2) is 89.0 Å². The first-order valence-corrected chi connectivity index (χ1v) is 12.8. The van der Waals surface area contributed by atoms with Gasteiger partial charge in [0.2, 0.25) is 0 Å². The molecule has 180 valence electrons. The van der Waals surface area contributed by atoms with Gasteiger partial charge < -0.3 is 18.8 Å². The monoisotopic (exact) mass is 496 g/mol. The molecule has 4 heterocycles. The van der Waals surface area contributed by atoms with Gasteiger partial charge in [-0.1, -0.05) is 24.3 Å². The third-order valence-electron chi connectivity index (χ3n) is 6.25. The van der Waals surface area contributed by atoms with Gasteiger partial charge in [0.1, 0.15) is 6.61 Å². The number of furan rings is 1. The van der Waals surface area contributed by atoms with Gasteiger partial charge in [-0.2, -0.15) is 0 Å². The summed E-state index contributed by atoms with van der Waals surface area (Å²) in [7, 11) is 0. The van der Waals surface area contributed by atoms with Gasteiger partial charge >= 0.3 is 0 Å². The number of nitrogens with zero attached hydrogens (tertiary/aromatic N) is 2. The molecule has 1 amide bonds. The Kier molecular flexibility index (Phi) is 6.13. The fraction of sp³-hybridized carbons (Fsp3) is 0.172. The number of carbonyl (C=O) groups excluding carboxylic acids is 1. The lowest BCUT2D eigenvalue weighted by Crippen LogP contribution is -2.32. The third-order valence-corrected chi connectivity index (χ3v) is 7.22. The second-order valence-corrected chi connectivity index (χ2v) is 9.49. The van der Waals surface area contributed by atoms with Gasteiger partial charge in [0, 0.05) is 39.5 Å². The van der Waals surface area contributed by atoms with E-state index in [1.807, 2.05) is 18.2 Å². The first kappa shape index (κ1) is 22.4. The van der Waals surface area contributed by atoms with Crippen molar-refractivity contribution < 1.29 is 18.7 Å². The molecule has 6 nitrogen and oxygen atoms in total. The maximum absolute atomic E-state index is 13.1. The molecule has 1 aliphatic heterocycles. The largest absolute Gasteiger partial charge is 0.489 e. The highest BCUT2D eigenvalue weighted by Crippen LogP contribution is 2.42. The third kappa shape index (κ3) is 4.45. The van der Waals surface area contributed by atoms with Crippen molar-refractivity contribution in [2.24, 2.45) is 0 Å². The van der Waals surface area contributed by atoms with Crippen LogP contribution in [0.1, 0.15) is 21.8 Å². The molecule has 3 aromatic heterocycles. The van der Waals surface area contributed by atoms with Crippen LogP contribution in [-0.4, -0.2) is 35.5 Å². The number of aromatic nitrogens is 1. The van der Waals surface area contributed by atoms with E-state index in [2.05, 4.69) is 46.8 Å². The first-order valence-electron chi connectivity index (χ1n) is 11.9. The number of amides is 1. The highest BCUT2D eigenvalue weighted by atomic mass is 32.1. The molecule has 0 aliphatic carbocycles. The number of thiophene rings is 1. The Labute approximate surface area is 212 Å². The molecule has 36 heavy (non-hydrogen) atoms. The van der Waals surface area contributed by atoms with Crippen LogP contribution in [-0.2, 0) is 13.0 Å². The molecule has 0 spiro atoms. The van der Waals surface area contributed by atoms with Crippen molar-refractivity contribution in [1.82, 2.24) is 9.88 Å². The van der Waals surface area contributed by atoms with Crippen LogP contribution in [0.4, 0.5) is 0 Å². The number of ether oxygens (including phenoxy) is 2. The minimum atomic E-state index is -0.152. The van der Waals surface area contributed by atoms with Gasteiger partial charge in [0.05, 0.1) is 26.0 Å². The molecule has 0 unspecified atom stereocenters. The van der Waals surface area contributed by atoms with Crippen LogP contribution in [0.2, 0.25) is 0 Å². The highest BCUT2D eigenvalue weighted by molar-refractivity contribution is 7.17. The van der Waals surface area contributed by atoms with Crippen molar-refractivity contribution in [3.05, 3.63) is 102 Å². The van der Waals surface area contributed by atoms with Gasteiger partial charge in [-0.15, -0.1) is 11.3 Å². The van der Waals surface area contributed by atoms with Crippen molar-refractivity contribution in [2.45, 2.75) is 13.0 Å². The average Bonchev–Trinajstić information content (AvgIpc) is 3.55. The van der Waals surface area contributed by atoms with E-state index in [1.54, 1.807) is 34.6 Å². The zero-order chi connectivity index (χ0) is 24.3. The summed E-state index contributed by atoms with van der Waals surface area (Å²) < 4.78 is 19.1. The predicted octanol–water partition coefficient (Wildman–Crippen LogP) is 6.21. The lowest BCUT2D eigenvalue weighted by Gasteiger charge is -2.19. The van der Waals surface area contributed by atoms with E-state index in [9.17, 15) is 4.79 Å². The van der Waals surface area contributed by atoms with E-state index in [-0.39, 0.29) is 5.91 Å². The molecule has 0 saturated carbocycles. The SMILES string of the molecule is O=C(c1ccco1)N1CCOc2c(cc(-c3csc4ccccc34)cc2OCCc2ccccn2)C1. The van der Waals surface area contributed by atoms with Crippen LogP contribution < -0.4 is 9.47 Å². The van der Waals surface area contributed by atoms with Crippen molar-refractivity contribution in [2.75, 3.05) is 19.8 Å². The summed E-state index contributed by atoms with van der Waals surface area (Å²) in [5.41, 5.74) is 4.06. The molecule has 0 atom stereocenters. The maximum atomic E-state index is 13.1. The summed E-state index contributed by atoms with van der Waals surface area (Å²) >= 11 is 1.72. The minimum Gasteiger partial charge on any atom is -0.489 e. The Morgan fingerprint density at radius 1 is 1.08 bits per heavy atom. The number of carbonyl (C=O) groups is 1. The standard InChI is InChI=1S/C29H24N2O4S/c32-29(25-8-5-13-33-25)31-12-15-35-28-21(18-31)16-20(24-19-36-27-9-2-1-7-23(24)27)17-26(28)34-14-10-22-6-3-4-11-30-22/h1-9,11,13,16-17,19H,10,12,14-15,18H2. The molecule has 0 fully saturated rings. The van der Waals surface area contributed by atoms with Gasteiger partial charge in [-0.3, -0.25) is 9.78 Å². The quantitative estimate of drug-likeness (QED) is 0.280. The summed E-state index contributed by atoms with van der Waals surface area (Å²) in [6.45, 7) is 1.70. The van der Waals surface area contributed by atoms with Crippen LogP contribution in [0.5, 0.6) is 11.5 Å². The van der Waals surface area contributed by atoms with Crippen LogP contribution in [0.3, 0.4) is 0 Å². The Morgan fingerprint density at radius 3 is 2.86 bits per heavy atom. The zero-order valence-corrected chi connectivity index (χ0v) is 20.4. The smallest absolute Gasteiger partial charge is 0.289 e. The molecular formula is C29H24N2O4S. The second-order valence-electron chi connectivity index (χ2n) is 8.58. The number of fused-ring (bicyclic) bond motifs is 2. The molecular weight excluding hydrogens is 472 g/mol. The zero-order valence-electron chi connectivity index (χ0n) is 19.6. The molecule has 5 aromatic rings. The molecule has 7 heteroatoms. The Hall–Kier alpha value is -4.10. The van der Waals surface area contributed by atoms with Crippen molar-refractivity contribution in [3.63, 3.8) is 0 Å². The topological polar surface area (TPSA) is 64.8 Å². The van der Waals surface area contributed by atoms with Crippen molar-refractivity contribution >= 4 is 27.3 Å². The van der Waals surface area contributed by atoms with Gasteiger partial charge in [0.15, 0.2) is 17.3 Å². The van der Waals surface area contributed by atoms with Crippen molar-refractivity contribution in [1.29, 1.82) is 0 Å². The van der Waals surface area contributed by atoms with Gasteiger partial charge in [-0.05, 0) is 53.4 Å². The van der Waals surface area contributed by atoms with Crippen LogP contribution in [0.25, 0.3) is 21.2 Å². The fourth-order valence-electron chi connectivity index (χ4n) is 4.49. The Morgan fingerprint density at radius 2 is 2.00 bits per heavy atom. The molecule has 0 bridgehead atoms. The molecule has 1 aliphatic rings. The Balaban J connectivity index is 1.37. The predicted molar refractivity (Wildman–Crippen MR) is 140 cm³/mol.